The number of esters is 1. The summed E-state index contributed by atoms with van der Waals surface area (Å²) in [7, 11) is -3.36. The first kappa shape index (κ1) is 14.3. The highest BCUT2D eigenvalue weighted by Crippen LogP contribution is 2.27. The number of carbonyl (C=O) groups is 1. The quantitative estimate of drug-likeness (QED) is 0.644. The van der Waals surface area contributed by atoms with E-state index >= 15 is 0 Å². The van der Waals surface area contributed by atoms with Crippen molar-refractivity contribution < 1.29 is 17.9 Å². The lowest BCUT2D eigenvalue weighted by molar-refractivity contribution is 0.0630. The van der Waals surface area contributed by atoms with Gasteiger partial charge in [-0.3, -0.25) is 0 Å². The Bertz CT molecular complexity index is 804. The lowest BCUT2D eigenvalue weighted by atomic mass is 10.0. The van der Waals surface area contributed by atoms with Crippen LogP contribution < -0.4 is 0 Å². The molecular weight excluding hydrogens is 276 g/mol. The third-order valence-corrected chi connectivity index (χ3v) is 3.93. The largest absolute Gasteiger partial charge is 0.428 e. The zero-order valence-electron chi connectivity index (χ0n) is 11.2. The molecule has 0 bridgehead atoms. The van der Waals surface area contributed by atoms with Crippen LogP contribution in [0, 0.1) is 0 Å². The van der Waals surface area contributed by atoms with Gasteiger partial charge in [0.05, 0.1) is 16.2 Å². The number of hydrogen-bond acceptors (Lipinski definition) is 4. The van der Waals surface area contributed by atoms with E-state index in [1.807, 2.05) is 0 Å². The molecular formula is C15H14O4S. The molecule has 2 aromatic rings. The van der Waals surface area contributed by atoms with E-state index in [-0.39, 0.29) is 10.7 Å². The fraction of sp³-hybridized carbons (Fsp3) is 0.133. The van der Waals surface area contributed by atoms with Crippen molar-refractivity contribution in [1.29, 1.82) is 0 Å². The molecule has 0 heterocycles. The van der Waals surface area contributed by atoms with E-state index < -0.39 is 15.8 Å². The van der Waals surface area contributed by atoms with Gasteiger partial charge in [-0.25, -0.2) is 13.2 Å². The normalized spacial score (nSPS) is 11.3. The predicted octanol–water partition coefficient (Wildman–Crippen LogP) is 2.93. The van der Waals surface area contributed by atoms with Gasteiger partial charge < -0.3 is 4.74 Å². The lowest BCUT2D eigenvalue weighted by Crippen LogP contribution is -2.06. The van der Waals surface area contributed by atoms with E-state index in [9.17, 15) is 13.2 Å². The van der Waals surface area contributed by atoms with Gasteiger partial charge in [0.15, 0.2) is 9.84 Å². The Morgan fingerprint density at radius 3 is 2.25 bits per heavy atom. The van der Waals surface area contributed by atoms with Crippen LogP contribution in [0.25, 0.3) is 10.8 Å². The van der Waals surface area contributed by atoms with Gasteiger partial charge in [-0.05, 0) is 24.4 Å². The van der Waals surface area contributed by atoms with Crippen LogP contribution in [0.4, 0.5) is 0 Å². The molecule has 0 aliphatic heterocycles. The Morgan fingerprint density at radius 2 is 1.70 bits per heavy atom. The summed E-state index contributed by atoms with van der Waals surface area (Å²) in [4.78, 5) is 12.2. The van der Waals surface area contributed by atoms with Crippen molar-refractivity contribution in [2.75, 3.05) is 6.26 Å². The summed E-state index contributed by atoms with van der Waals surface area (Å²) < 4.78 is 28.5. The fourth-order valence-electron chi connectivity index (χ4n) is 1.99. The maximum Gasteiger partial charge on any atom is 0.343 e. The summed E-state index contributed by atoms with van der Waals surface area (Å²) in [6, 6.07) is 9.72. The zero-order valence-corrected chi connectivity index (χ0v) is 12.0. The Hall–Kier alpha value is -2.14. The lowest BCUT2D eigenvalue weighted by Gasteiger charge is -2.09. The summed E-state index contributed by atoms with van der Waals surface area (Å²) in [6.07, 6.45) is 1.14. The number of sulfone groups is 1. The van der Waals surface area contributed by atoms with Crippen molar-refractivity contribution >= 4 is 26.6 Å². The van der Waals surface area contributed by atoms with Crippen LogP contribution in [-0.4, -0.2) is 20.6 Å². The Labute approximate surface area is 117 Å². The third kappa shape index (κ3) is 2.72. The van der Waals surface area contributed by atoms with Gasteiger partial charge in [0.2, 0.25) is 0 Å². The van der Waals surface area contributed by atoms with Crippen LogP contribution in [0.15, 0.2) is 53.6 Å². The van der Waals surface area contributed by atoms with Crippen LogP contribution in [-0.2, 0) is 14.6 Å². The molecule has 0 aliphatic carbocycles. The molecule has 104 valence electrons. The van der Waals surface area contributed by atoms with E-state index in [0.29, 0.717) is 16.3 Å². The summed E-state index contributed by atoms with van der Waals surface area (Å²) in [6.45, 7) is 5.09. The number of rotatable bonds is 3. The molecule has 2 aromatic carbocycles. The topological polar surface area (TPSA) is 60.4 Å². The highest BCUT2D eigenvalue weighted by Gasteiger charge is 2.17. The third-order valence-electron chi connectivity index (χ3n) is 2.77. The predicted molar refractivity (Wildman–Crippen MR) is 77.3 cm³/mol. The molecule has 4 nitrogen and oxygen atoms in total. The van der Waals surface area contributed by atoms with Crippen LogP contribution in [0.5, 0.6) is 0 Å². The first-order chi connectivity index (χ1) is 9.30. The standard InChI is InChI=1S/C15H14O4S/c1-10(2)19-15(16)13-8-9-14(20(3,17)18)12-7-5-4-6-11(12)13/h4-9H,1H2,2-3H3. The molecule has 5 heteroatoms. The van der Waals surface area contributed by atoms with Crippen LogP contribution >= 0.6 is 0 Å². The van der Waals surface area contributed by atoms with E-state index in [4.69, 9.17) is 4.74 Å². The monoisotopic (exact) mass is 290 g/mol. The molecule has 0 atom stereocenters. The Balaban J connectivity index is 2.73. The van der Waals surface area contributed by atoms with Crippen LogP contribution in [0.3, 0.4) is 0 Å². The molecule has 0 N–H and O–H groups in total. The maximum absolute atomic E-state index is 12.0. The number of carbonyl (C=O) groups excluding carboxylic acids is 1. The Morgan fingerprint density at radius 1 is 1.10 bits per heavy atom. The van der Waals surface area contributed by atoms with Gasteiger partial charge in [0.1, 0.15) is 0 Å². The van der Waals surface area contributed by atoms with E-state index in [1.165, 1.54) is 12.1 Å². The maximum atomic E-state index is 12.0. The van der Waals surface area contributed by atoms with E-state index in [2.05, 4.69) is 6.58 Å². The van der Waals surface area contributed by atoms with Gasteiger partial charge in [-0.2, -0.15) is 0 Å². The minimum absolute atomic E-state index is 0.194. The highest BCUT2D eigenvalue weighted by atomic mass is 32.2. The molecule has 20 heavy (non-hydrogen) atoms. The summed E-state index contributed by atoms with van der Waals surface area (Å²) >= 11 is 0. The average Bonchev–Trinajstić information content (AvgIpc) is 2.35. The van der Waals surface area contributed by atoms with Gasteiger partial charge in [0.25, 0.3) is 0 Å². The minimum Gasteiger partial charge on any atom is -0.428 e. The minimum atomic E-state index is -3.36. The molecule has 0 aromatic heterocycles. The highest BCUT2D eigenvalue weighted by molar-refractivity contribution is 7.91. The smallest absolute Gasteiger partial charge is 0.343 e. The van der Waals surface area contributed by atoms with Crippen molar-refractivity contribution in [3.8, 4) is 0 Å². The van der Waals surface area contributed by atoms with Gasteiger partial charge in [0, 0.05) is 11.6 Å². The Kier molecular flexibility index (Phi) is 3.63. The molecule has 2 rings (SSSR count). The van der Waals surface area contributed by atoms with Gasteiger partial charge in [-0.15, -0.1) is 0 Å². The van der Waals surface area contributed by atoms with Crippen molar-refractivity contribution in [2.45, 2.75) is 11.8 Å². The van der Waals surface area contributed by atoms with Crippen LogP contribution in [0.1, 0.15) is 17.3 Å². The molecule has 0 saturated carbocycles. The average molecular weight is 290 g/mol. The number of ether oxygens (including phenoxy) is 1. The zero-order chi connectivity index (χ0) is 14.9. The van der Waals surface area contributed by atoms with Gasteiger partial charge in [-0.1, -0.05) is 30.8 Å². The molecule has 0 aliphatic rings. The van der Waals surface area contributed by atoms with Crippen molar-refractivity contribution in [2.24, 2.45) is 0 Å². The number of fused-ring (bicyclic) bond motifs is 1. The van der Waals surface area contributed by atoms with Crippen molar-refractivity contribution in [3.05, 3.63) is 54.3 Å². The first-order valence-electron chi connectivity index (χ1n) is 5.90. The number of benzene rings is 2. The SMILES string of the molecule is C=C(C)OC(=O)c1ccc(S(C)(=O)=O)c2ccccc12. The summed E-state index contributed by atoms with van der Waals surface area (Å²) in [5.74, 6) is -0.264. The second-order valence-corrected chi connectivity index (χ2v) is 6.50. The molecule has 0 spiro atoms. The van der Waals surface area contributed by atoms with Crippen LogP contribution in [0.2, 0.25) is 0 Å². The van der Waals surface area contributed by atoms with E-state index in [1.54, 1.807) is 31.2 Å². The molecule has 0 radical (unpaired) electrons. The van der Waals surface area contributed by atoms with Gasteiger partial charge >= 0.3 is 5.97 Å². The fourth-order valence-corrected chi connectivity index (χ4v) is 2.88. The molecule has 0 saturated heterocycles. The second-order valence-electron chi connectivity index (χ2n) is 4.52. The number of allylic oxidation sites excluding steroid dienone is 1. The molecule has 0 unspecified atom stereocenters. The number of hydrogen-bond donors (Lipinski definition) is 0. The second kappa shape index (κ2) is 5.09. The van der Waals surface area contributed by atoms with E-state index in [0.717, 1.165) is 6.26 Å². The first-order valence-corrected chi connectivity index (χ1v) is 7.79. The van der Waals surface area contributed by atoms with Crippen molar-refractivity contribution in [3.63, 3.8) is 0 Å². The summed E-state index contributed by atoms with van der Waals surface area (Å²) in [5.41, 5.74) is 0.316. The molecule has 0 fully saturated rings. The summed E-state index contributed by atoms with van der Waals surface area (Å²) in [5, 5.41) is 1.05. The molecule has 0 amide bonds. The van der Waals surface area contributed by atoms with Crippen molar-refractivity contribution in [1.82, 2.24) is 0 Å².